The Kier molecular flexibility index (Phi) is 4.37. The van der Waals surface area contributed by atoms with Crippen molar-refractivity contribution in [1.29, 1.82) is 0 Å². The van der Waals surface area contributed by atoms with Crippen LogP contribution in [0.25, 0.3) is 0 Å². The van der Waals surface area contributed by atoms with Gasteiger partial charge in [0.05, 0.1) is 6.04 Å². The molecular weight excluding hydrogens is 224 g/mol. The highest BCUT2D eigenvalue weighted by Crippen LogP contribution is 2.19. The lowest BCUT2D eigenvalue weighted by molar-refractivity contribution is -0.118. The molecule has 1 saturated heterocycles. The molecule has 3 heteroatoms. The lowest BCUT2D eigenvalue weighted by Crippen LogP contribution is -2.40. The first-order chi connectivity index (χ1) is 8.68. The van der Waals surface area contributed by atoms with Crippen molar-refractivity contribution in [2.45, 2.75) is 45.6 Å². The average molecular weight is 246 g/mol. The third-order valence-corrected chi connectivity index (χ3v) is 3.74. The monoisotopic (exact) mass is 246 g/mol. The van der Waals surface area contributed by atoms with Crippen molar-refractivity contribution in [1.82, 2.24) is 5.32 Å². The predicted octanol–water partition coefficient (Wildman–Crippen LogP) is 2.77. The molecule has 1 aliphatic rings. The van der Waals surface area contributed by atoms with E-state index in [2.05, 4.69) is 23.6 Å². The molecule has 1 fully saturated rings. The van der Waals surface area contributed by atoms with Gasteiger partial charge in [0, 0.05) is 5.69 Å². The van der Waals surface area contributed by atoms with E-state index in [9.17, 15) is 4.79 Å². The van der Waals surface area contributed by atoms with E-state index in [1.165, 1.54) is 18.4 Å². The second kappa shape index (κ2) is 6.01. The van der Waals surface area contributed by atoms with Crippen LogP contribution in [0.5, 0.6) is 0 Å². The van der Waals surface area contributed by atoms with Crippen LogP contribution in [0.2, 0.25) is 0 Å². The van der Waals surface area contributed by atoms with Crippen molar-refractivity contribution in [2.24, 2.45) is 0 Å². The molecule has 98 valence electrons. The quantitative estimate of drug-likeness (QED) is 0.842. The molecule has 0 spiro atoms. The number of nitrogens with one attached hydrogen (secondary N) is 2. The van der Waals surface area contributed by atoms with Gasteiger partial charge in [0.1, 0.15) is 0 Å². The van der Waals surface area contributed by atoms with Crippen LogP contribution in [0.1, 0.15) is 36.8 Å². The topological polar surface area (TPSA) is 41.1 Å². The second-order valence-corrected chi connectivity index (χ2v) is 5.09. The van der Waals surface area contributed by atoms with Gasteiger partial charge >= 0.3 is 0 Å². The fourth-order valence-electron chi connectivity index (χ4n) is 2.36. The third-order valence-electron chi connectivity index (χ3n) is 3.74. The number of rotatable bonds is 2. The Morgan fingerprint density at radius 2 is 2.11 bits per heavy atom. The minimum absolute atomic E-state index is 0.0348. The van der Waals surface area contributed by atoms with Gasteiger partial charge in [0.2, 0.25) is 5.91 Å². The molecule has 0 aromatic heterocycles. The molecule has 3 nitrogen and oxygen atoms in total. The van der Waals surface area contributed by atoms with Gasteiger partial charge in [-0.25, -0.2) is 0 Å². The minimum Gasteiger partial charge on any atom is -0.324 e. The maximum Gasteiger partial charge on any atom is 0.241 e. The zero-order chi connectivity index (χ0) is 13.0. The molecular formula is C15H22N2O. The van der Waals surface area contributed by atoms with Gasteiger partial charge < -0.3 is 10.6 Å². The highest BCUT2D eigenvalue weighted by atomic mass is 16.2. The molecule has 1 aliphatic heterocycles. The zero-order valence-corrected chi connectivity index (χ0v) is 11.3. The van der Waals surface area contributed by atoms with Crippen LogP contribution < -0.4 is 10.6 Å². The largest absolute Gasteiger partial charge is 0.324 e. The average Bonchev–Trinajstić information content (AvgIpc) is 2.63. The molecule has 1 aromatic carbocycles. The summed E-state index contributed by atoms with van der Waals surface area (Å²) in [6, 6.07) is 5.98. The molecule has 2 rings (SSSR count). The number of anilines is 1. The smallest absolute Gasteiger partial charge is 0.241 e. The molecule has 1 aromatic rings. The normalized spacial score (nSPS) is 20.2. The lowest BCUT2D eigenvalue weighted by atomic mass is 10.1. The van der Waals surface area contributed by atoms with Gasteiger partial charge in [-0.15, -0.1) is 0 Å². The van der Waals surface area contributed by atoms with E-state index >= 15 is 0 Å². The SMILES string of the molecule is Cc1cccc(NC(=O)C2CCCCCN2)c1C. The fourth-order valence-corrected chi connectivity index (χ4v) is 2.36. The summed E-state index contributed by atoms with van der Waals surface area (Å²) in [5.74, 6) is 0.102. The summed E-state index contributed by atoms with van der Waals surface area (Å²) < 4.78 is 0. The summed E-state index contributed by atoms with van der Waals surface area (Å²) in [5.41, 5.74) is 3.30. The van der Waals surface area contributed by atoms with E-state index in [1.54, 1.807) is 0 Å². The van der Waals surface area contributed by atoms with Crippen molar-refractivity contribution in [2.75, 3.05) is 11.9 Å². The molecule has 0 bridgehead atoms. The van der Waals surface area contributed by atoms with Crippen LogP contribution in [-0.2, 0) is 4.79 Å². The predicted molar refractivity (Wildman–Crippen MR) is 74.8 cm³/mol. The first kappa shape index (κ1) is 13.1. The van der Waals surface area contributed by atoms with Crippen molar-refractivity contribution >= 4 is 11.6 Å². The van der Waals surface area contributed by atoms with Gasteiger partial charge in [0.25, 0.3) is 0 Å². The van der Waals surface area contributed by atoms with Crippen LogP contribution in [0, 0.1) is 13.8 Å². The number of hydrogen-bond donors (Lipinski definition) is 2. The van der Waals surface area contributed by atoms with E-state index in [1.807, 2.05) is 19.1 Å². The lowest BCUT2D eigenvalue weighted by Gasteiger charge is -2.17. The van der Waals surface area contributed by atoms with Crippen molar-refractivity contribution < 1.29 is 4.79 Å². The number of hydrogen-bond acceptors (Lipinski definition) is 2. The van der Waals surface area contributed by atoms with E-state index in [-0.39, 0.29) is 11.9 Å². The molecule has 0 radical (unpaired) electrons. The van der Waals surface area contributed by atoms with Crippen LogP contribution in [0.4, 0.5) is 5.69 Å². The maximum absolute atomic E-state index is 12.2. The van der Waals surface area contributed by atoms with Crippen molar-refractivity contribution in [3.05, 3.63) is 29.3 Å². The van der Waals surface area contributed by atoms with Crippen molar-refractivity contribution in [3.8, 4) is 0 Å². The number of benzene rings is 1. The highest BCUT2D eigenvalue weighted by Gasteiger charge is 2.19. The van der Waals surface area contributed by atoms with E-state index in [0.717, 1.165) is 30.6 Å². The Labute approximate surface area is 109 Å². The zero-order valence-electron chi connectivity index (χ0n) is 11.3. The maximum atomic E-state index is 12.2. The summed E-state index contributed by atoms with van der Waals surface area (Å²) in [6.45, 7) is 5.06. The molecule has 18 heavy (non-hydrogen) atoms. The highest BCUT2D eigenvalue weighted by molar-refractivity contribution is 5.95. The van der Waals surface area contributed by atoms with Gasteiger partial charge in [-0.05, 0) is 50.4 Å². The standard InChI is InChI=1S/C15H22N2O/c1-11-7-6-9-13(12(11)2)17-15(18)14-8-4-3-5-10-16-14/h6-7,9,14,16H,3-5,8,10H2,1-2H3,(H,17,18). The van der Waals surface area contributed by atoms with Crippen LogP contribution in [0.15, 0.2) is 18.2 Å². The second-order valence-electron chi connectivity index (χ2n) is 5.09. The fraction of sp³-hybridized carbons (Fsp3) is 0.533. The van der Waals surface area contributed by atoms with Crippen LogP contribution >= 0.6 is 0 Å². The van der Waals surface area contributed by atoms with E-state index < -0.39 is 0 Å². The molecule has 1 heterocycles. The Morgan fingerprint density at radius 3 is 2.94 bits per heavy atom. The summed E-state index contributed by atoms with van der Waals surface area (Å²) in [4.78, 5) is 12.2. The number of carbonyl (C=O) groups excluding carboxylic acids is 1. The number of amides is 1. The summed E-state index contributed by atoms with van der Waals surface area (Å²) in [7, 11) is 0. The van der Waals surface area contributed by atoms with Gasteiger partial charge in [-0.2, -0.15) is 0 Å². The number of aryl methyl sites for hydroxylation is 1. The van der Waals surface area contributed by atoms with Gasteiger partial charge in [-0.1, -0.05) is 25.0 Å². The molecule has 1 unspecified atom stereocenters. The molecule has 0 aliphatic carbocycles. The summed E-state index contributed by atoms with van der Waals surface area (Å²) in [5, 5.41) is 6.37. The van der Waals surface area contributed by atoms with Crippen LogP contribution in [0.3, 0.4) is 0 Å². The Balaban J connectivity index is 2.03. The summed E-state index contributed by atoms with van der Waals surface area (Å²) >= 11 is 0. The summed E-state index contributed by atoms with van der Waals surface area (Å²) in [6.07, 6.45) is 4.47. The molecule has 2 N–H and O–H groups in total. The first-order valence-corrected chi connectivity index (χ1v) is 6.79. The van der Waals surface area contributed by atoms with Crippen LogP contribution in [-0.4, -0.2) is 18.5 Å². The van der Waals surface area contributed by atoms with Gasteiger partial charge in [0.15, 0.2) is 0 Å². The van der Waals surface area contributed by atoms with E-state index in [4.69, 9.17) is 0 Å². The Bertz CT molecular complexity index is 421. The molecule has 0 saturated carbocycles. The Morgan fingerprint density at radius 1 is 1.28 bits per heavy atom. The molecule has 1 atom stereocenters. The Hall–Kier alpha value is -1.35. The van der Waals surface area contributed by atoms with Gasteiger partial charge in [-0.3, -0.25) is 4.79 Å². The van der Waals surface area contributed by atoms with E-state index in [0.29, 0.717) is 0 Å². The molecule has 1 amide bonds. The third kappa shape index (κ3) is 3.10. The van der Waals surface area contributed by atoms with Crippen molar-refractivity contribution in [3.63, 3.8) is 0 Å². The minimum atomic E-state index is -0.0348. The first-order valence-electron chi connectivity index (χ1n) is 6.79. The number of carbonyl (C=O) groups is 1.